The lowest BCUT2D eigenvalue weighted by Gasteiger charge is -2.24. The summed E-state index contributed by atoms with van der Waals surface area (Å²) in [6.07, 6.45) is 3.62. The van der Waals surface area contributed by atoms with Gasteiger partial charge in [0.15, 0.2) is 0 Å². The number of aliphatic hydroxyl groups excluding tert-OH is 1. The van der Waals surface area contributed by atoms with E-state index >= 15 is 0 Å². The van der Waals surface area contributed by atoms with Gasteiger partial charge in [-0.2, -0.15) is 0 Å². The van der Waals surface area contributed by atoms with E-state index in [1.807, 2.05) is 0 Å². The molecule has 27 heavy (non-hydrogen) atoms. The zero-order valence-corrected chi connectivity index (χ0v) is 17.4. The van der Waals surface area contributed by atoms with Crippen LogP contribution in [0.2, 0.25) is 0 Å². The molecule has 0 spiro atoms. The highest BCUT2D eigenvalue weighted by Gasteiger charge is 2.21. The largest absolute Gasteiger partial charge is 0.389 e. The van der Waals surface area contributed by atoms with Crippen molar-refractivity contribution in [3.8, 4) is 0 Å². The van der Waals surface area contributed by atoms with Gasteiger partial charge in [-0.15, -0.1) is 11.3 Å². The van der Waals surface area contributed by atoms with Crippen LogP contribution < -0.4 is 5.56 Å². The maximum Gasteiger partial charge on any atom is 0.259 e. The van der Waals surface area contributed by atoms with Gasteiger partial charge in [0.1, 0.15) is 10.7 Å². The molecule has 2 aromatic rings. The Labute approximate surface area is 164 Å². The summed E-state index contributed by atoms with van der Waals surface area (Å²) in [5.74, 6) is 1.13. The van der Waals surface area contributed by atoms with E-state index in [2.05, 4.69) is 30.7 Å². The quantitative estimate of drug-likeness (QED) is 0.649. The third-order valence-electron chi connectivity index (χ3n) is 4.77. The highest BCUT2D eigenvalue weighted by molar-refractivity contribution is 7.18. The Morgan fingerprint density at radius 3 is 2.89 bits per heavy atom. The van der Waals surface area contributed by atoms with Gasteiger partial charge in [0.05, 0.1) is 24.6 Å². The van der Waals surface area contributed by atoms with Gasteiger partial charge < -0.3 is 14.8 Å². The lowest BCUT2D eigenvalue weighted by Crippen LogP contribution is -2.36. The Morgan fingerprint density at radius 1 is 1.33 bits per heavy atom. The molecule has 0 unspecified atom stereocenters. The molecule has 6 nitrogen and oxygen atoms in total. The van der Waals surface area contributed by atoms with Crippen molar-refractivity contribution in [2.75, 3.05) is 26.3 Å². The first-order chi connectivity index (χ1) is 13.0. The molecule has 150 valence electrons. The second kappa shape index (κ2) is 9.28. The second-order valence-electron chi connectivity index (χ2n) is 7.87. The molecule has 0 saturated heterocycles. The van der Waals surface area contributed by atoms with E-state index in [4.69, 9.17) is 9.72 Å². The monoisotopic (exact) mass is 393 g/mol. The molecular formula is C20H31N3O3S. The fourth-order valence-electron chi connectivity index (χ4n) is 3.68. The SMILES string of the molecule is CCCN(Cc1nc2sc3c(c2c(=O)[nH]1)CCC3)C[C@H](O)COCC(C)C. The molecule has 2 heterocycles. The smallest absolute Gasteiger partial charge is 0.259 e. The number of aliphatic hydroxyl groups is 1. The van der Waals surface area contributed by atoms with Crippen LogP contribution in [-0.4, -0.2) is 52.4 Å². The Morgan fingerprint density at radius 2 is 2.15 bits per heavy atom. The molecule has 0 bridgehead atoms. The third kappa shape index (κ3) is 5.16. The van der Waals surface area contributed by atoms with Gasteiger partial charge in [-0.3, -0.25) is 9.69 Å². The molecule has 2 aromatic heterocycles. The van der Waals surface area contributed by atoms with Crippen LogP contribution in [0.5, 0.6) is 0 Å². The number of fused-ring (bicyclic) bond motifs is 3. The third-order valence-corrected chi connectivity index (χ3v) is 5.95. The molecule has 0 saturated carbocycles. The van der Waals surface area contributed by atoms with Crippen LogP contribution >= 0.6 is 11.3 Å². The lowest BCUT2D eigenvalue weighted by molar-refractivity contribution is 0.00657. The van der Waals surface area contributed by atoms with Gasteiger partial charge in [-0.25, -0.2) is 4.98 Å². The summed E-state index contributed by atoms with van der Waals surface area (Å²) >= 11 is 1.66. The zero-order chi connectivity index (χ0) is 19.4. The minimum atomic E-state index is -0.545. The first-order valence-electron chi connectivity index (χ1n) is 9.99. The van der Waals surface area contributed by atoms with Crippen molar-refractivity contribution in [1.29, 1.82) is 0 Å². The van der Waals surface area contributed by atoms with Crippen LogP contribution in [-0.2, 0) is 24.1 Å². The van der Waals surface area contributed by atoms with Crippen LogP contribution in [0.15, 0.2) is 4.79 Å². The maximum atomic E-state index is 12.6. The van der Waals surface area contributed by atoms with Crippen molar-refractivity contribution in [3.05, 3.63) is 26.6 Å². The molecule has 0 radical (unpaired) electrons. The van der Waals surface area contributed by atoms with Gasteiger partial charge in [0.2, 0.25) is 0 Å². The average molecular weight is 394 g/mol. The standard InChI is InChI=1S/C20H31N3O3S/c1-4-8-23(9-14(24)12-26-11-13(2)3)10-17-21-19(25)18-15-6-5-7-16(15)27-20(18)22-17/h13-14,24H,4-12H2,1-3H3,(H,21,22,25)/t14-/m0/s1. The van der Waals surface area contributed by atoms with Crippen LogP contribution in [0, 0.1) is 5.92 Å². The van der Waals surface area contributed by atoms with Gasteiger partial charge >= 0.3 is 0 Å². The number of hydrogen-bond donors (Lipinski definition) is 2. The Bertz CT molecular complexity index is 815. The number of H-pyrrole nitrogens is 1. The molecule has 0 fully saturated rings. The van der Waals surface area contributed by atoms with Crippen LogP contribution in [0.25, 0.3) is 10.2 Å². The van der Waals surface area contributed by atoms with Crippen LogP contribution in [0.1, 0.15) is 49.9 Å². The second-order valence-corrected chi connectivity index (χ2v) is 8.95. The molecule has 1 aliphatic rings. The van der Waals surface area contributed by atoms with E-state index in [9.17, 15) is 9.90 Å². The number of rotatable bonds is 10. The number of nitrogens with zero attached hydrogens (tertiary/aromatic N) is 2. The van der Waals surface area contributed by atoms with Crippen LogP contribution in [0.4, 0.5) is 0 Å². The number of hydrogen-bond acceptors (Lipinski definition) is 6. The molecule has 3 rings (SSSR count). The number of thiophene rings is 1. The molecule has 2 N–H and O–H groups in total. The normalized spacial score (nSPS) is 15.2. The van der Waals surface area contributed by atoms with Crippen molar-refractivity contribution < 1.29 is 9.84 Å². The van der Waals surface area contributed by atoms with E-state index in [0.717, 1.165) is 42.4 Å². The molecule has 0 amide bonds. The minimum Gasteiger partial charge on any atom is -0.389 e. The summed E-state index contributed by atoms with van der Waals surface area (Å²) in [5.41, 5.74) is 1.19. The van der Waals surface area contributed by atoms with E-state index in [1.54, 1.807) is 11.3 Å². The molecule has 0 aromatic carbocycles. The molecular weight excluding hydrogens is 362 g/mol. The number of aryl methyl sites for hydroxylation is 2. The first-order valence-corrected chi connectivity index (χ1v) is 10.8. The van der Waals surface area contributed by atoms with Crippen molar-refractivity contribution in [1.82, 2.24) is 14.9 Å². The van der Waals surface area contributed by atoms with E-state index in [1.165, 1.54) is 10.4 Å². The lowest BCUT2D eigenvalue weighted by atomic mass is 10.2. The predicted molar refractivity (Wildman–Crippen MR) is 109 cm³/mol. The highest BCUT2D eigenvalue weighted by atomic mass is 32.1. The summed E-state index contributed by atoms with van der Waals surface area (Å²) in [7, 11) is 0. The molecule has 1 aliphatic carbocycles. The minimum absolute atomic E-state index is 0.0216. The van der Waals surface area contributed by atoms with Crippen molar-refractivity contribution in [2.45, 2.75) is 59.1 Å². The summed E-state index contributed by atoms with van der Waals surface area (Å²) in [4.78, 5) is 24.6. The first kappa shape index (κ1) is 20.5. The van der Waals surface area contributed by atoms with E-state index < -0.39 is 6.10 Å². The zero-order valence-electron chi connectivity index (χ0n) is 16.6. The van der Waals surface area contributed by atoms with Gasteiger partial charge in [0, 0.05) is 18.0 Å². The predicted octanol–water partition coefficient (Wildman–Crippen LogP) is 2.72. The molecule has 1 atom stereocenters. The number of aromatic amines is 1. The van der Waals surface area contributed by atoms with Crippen molar-refractivity contribution in [3.63, 3.8) is 0 Å². The van der Waals surface area contributed by atoms with Crippen molar-refractivity contribution in [2.24, 2.45) is 5.92 Å². The summed E-state index contributed by atoms with van der Waals surface area (Å²) in [6, 6.07) is 0. The fraction of sp³-hybridized carbons (Fsp3) is 0.700. The molecule has 7 heteroatoms. The average Bonchev–Trinajstić information content (AvgIpc) is 3.14. The summed E-state index contributed by atoms with van der Waals surface area (Å²) in [5, 5.41) is 11.1. The van der Waals surface area contributed by atoms with Crippen molar-refractivity contribution >= 4 is 21.6 Å². The Kier molecular flexibility index (Phi) is 7.03. The Balaban J connectivity index is 1.68. The number of aromatic nitrogens is 2. The fourth-order valence-corrected chi connectivity index (χ4v) is 4.96. The Hall–Kier alpha value is -1.28. The highest BCUT2D eigenvalue weighted by Crippen LogP contribution is 2.34. The summed E-state index contributed by atoms with van der Waals surface area (Å²) < 4.78 is 5.55. The number of ether oxygens (including phenoxy) is 1. The van der Waals surface area contributed by atoms with E-state index in [0.29, 0.717) is 38.0 Å². The van der Waals surface area contributed by atoms with Gasteiger partial charge in [-0.1, -0.05) is 20.8 Å². The van der Waals surface area contributed by atoms with Gasteiger partial charge in [-0.05, 0) is 43.7 Å². The number of nitrogens with one attached hydrogen (secondary N) is 1. The van der Waals surface area contributed by atoms with E-state index in [-0.39, 0.29) is 5.56 Å². The molecule has 0 aliphatic heterocycles. The maximum absolute atomic E-state index is 12.6. The van der Waals surface area contributed by atoms with Crippen LogP contribution in [0.3, 0.4) is 0 Å². The van der Waals surface area contributed by atoms with Gasteiger partial charge in [0.25, 0.3) is 5.56 Å². The summed E-state index contributed by atoms with van der Waals surface area (Å²) in [6.45, 7) is 9.15. The topological polar surface area (TPSA) is 78.5 Å².